The Hall–Kier alpha value is 0.168. The van der Waals surface area contributed by atoms with Gasteiger partial charge in [0.05, 0.1) is 0 Å². The summed E-state index contributed by atoms with van der Waals surface area (Å²) in [7, 11) is 0. The molecular formula is C9H17Mo-3. The molecule has 0 unspecified atom stereocenters. The van der Waals surface area contributed by atoms with Gasteiger partial charge in [0.15, 0.2) is 0 Å². The van der Waals surface area contributed by atoms with E-state index in [9.17, 15) is 0 Å². The summed E-state index contributed by atoms with van der Waals surface area (Å²) < 4.78 is 0. The Balaban J connectivity index is -0.0000000875. The second kappa shape index (κ2) is 22.9. The Labute approximate surface area is 79.7 Å². The molecule has 0 atom stereocenters. The molecule has 1 heteroatoms. The van der Waals surface area contributed by atoms with Crippen molar-refractivity contribution in [1.29, 1.82) is 0 Å². The first-order valence-electron chi connectivity index (χ1n) is 3.13. The molecule has 0 spiro atoms. The fourth-order valence-corrected chi connectivity index (χ4v) is 0.340. The van der Waals surface area contributed by atoms with E-state index in [1.807, 2.05) is 12.2 Å². The zero-order valence-electron chi connectivity index (χ0n) is 6.85. The van der Waals surface area contributed by atoms with Gasteiger partial charge < -0.3 is 13.8 Å². The van der Waals surface area contributed by atoms with Crippen molar-refractivity contribution in [2.75, 3.05) is 0 Å². The van der Waals surface area contributed by atoms with Gasteiger partial charge in [0.2, 0.25) is 0 Å². The summed E-state index contributed by atoms with van der Waals surface area (Å²) in [6.07, 6.45) is 10.0. The number of rotatable bonds is 0. The van der Waals surface area contributed by atoms with Crippen molar-refractivity contribution in [1.82, 2.24) is 0 Å². The van der Waals surface area contributed by atoms with Gasteiger partial charge in [0.25, 0.3) is 0 Å². The van der Waals surface area contributed by atoms with Gasteiger partial charge in [-0.1, -0.05) is 0 Å². The molecule has 1 aliphatic carbocycles. The first-order valence-corrected chi connectivity index (χ1v) is 3.13. The Bertz CT molecular complexity index is 62.8. The van der Waals surface area contributed by atoms with E-state index in [1.165, 1.54) is 0 Å². The van der Waals surface area contributed by atoms with E-state index in [0.29, 0.717) is 0 Å². The van der Waals surface area contributed by atoms with Gasteiger partial charge in [-0.3, -0.25) is 6.08 Å². The quantitative estimate of drug-likeness (QED) is 0.435. The average Bonchev–Trinajstić information content (AvgIpc) is 2.51. The molecule has 0 aromatic rings. The monoisotopic (exact) mass is 223 g/mol. The molecule has 0 radical (unpaired) electrons. The number of allylic oxidation sites excluding steroid dienone is 4. The van der Waals surface area contributed by atoms with Crippen molar-refractivity contribution in [3.05, 3.63) is 38.2 Å². The molecule has 62 valence electrons. The second-order valence-electron chi connectivity index (χ2n) is 1.00. The van der Waals surface area contributed by atoms with Crippen molar-refractivity contribution in [3.8, 4) is 0 Å². The molecule has 0 aromatic carbocycles. The normalized spacial score (nSPS) is 10.0. The van der Waals surface area contributed by atoms with E-state index in [2.05, 4.69) is 26.0 Å². The van der Waals surface area contributed by atoms with Crippen molar-refractivity contribution < 1.29 is 21.1 Å². The van der Waals surface area contributed by atoms with Crippen LogP contribution in [0.2, 0.25) is 0 Å². The fourth-order valence-electron chi connectivity index (χ4n) is 0.340. The van der Waals surface area contributed by atoms with Crippen molar-refractivity contribution >= 4 is 0 Å². The molecule has 0 saturated heterocycles. The summed E-state index contributed by atoms with van der Waals surface area (Å²) in [5.41, 5.74) is 0. The standard InChI is InChI=1S/C5H5.2C2H5.Mo.2H/c1-2-4-5-3-1;2*1-2;;;/h1-3H,4H2;2*1H2,2H3;;;/q3*-1;;;. The predicted molar refractivity (Wildman–Crippen MR) is 46.4 cm³/mol. The molecule has 0 fully saturated rings. The Morgan fingerprint density at radius 1 is 1.20 bits per heavy atom. The summed E-state index contributed by atoms with van der Waals surface area (Å²) in [4.78, 5) is 0. The maximum atomic E-state index is 3.25. The first kappa shape index (κ1) is 16.6. The molecule has 1 aliphatic rings. The third-order valence-electron chi connectivity index (χ3n) is 0.586. The average molecular weight is 221 g/mol. The van der Waals surface area contributed by atoms with Gasteiger partial charge in [0.1, 0.15) is 0 Å². The van der Waals surface area contributed by atoms with Gasteiger partial charge in [0, 0.05) is 0 Å². The van der Waals surface area contributed by atoms with Crippen LogP contribution in [0.1, 0.15) is 20.3 Å². The molecule has 10 heavy (non-hydrogen) atoms. The molecule has 0 bridgehead atoms. The van der Waals surface area contributed by atoms with E-state index in [1.54, 1.807) is 13.8 Å². The van der Waals surface area contributed by atoms with Crippen LogP contribution in [-0.2, 0) is 21.1 Å². The second-order valence-corrected chi connectivity index (χ2v) is 1.00. The summed E-state index contributed by atoms with van der Waals surface area (Å²) in [5.74, 6) is 0. The summed E-state index contributed by atoms with van der Waals surface area (Å²) in [6.45, 7) is 10.0. The van der Waals surface area contributed by atoms with Gasteiger partial charge in [-0.25, -0.2) is 12.2 Å². The van der Waals surface area contributed by atoms with Crippen LogP contribution in [0.3, 0.4) is 0 Å². The van der Waals surface area contributed by atoms with Crippen LogP contribution in [0.5, 0.6) is 0 Å². The number of hydrogen-bond donors (Lipinski definition) is 0. The van der Waals surface area contributed by atoms with Crippen molar-refractivity contribution in [3.63, 3.8) is 0 Å². The maximum absolute atomic E-state index is 3.25. The van der Waals surface area contributed by atoms with Crippen LogP contribution in [-0.4, -0.2) is 0 Å². The summed E-state index contributed by atoms with van der Waals surface area (Å²) >= 11 is 0. The predicted octanol–water partition coefficient (Wildman–Crippen LogP) is 2.45. The molecule has 0 nitrogen and oxygen atoms in total. The van der Waals surface area contributed by atoms with E-state index < -0.39 is 0 Å². The van der Waals surface area contributed by atoms with Gasteiger partial charge in [-0.05, 0) is 0 Å². The first-order chi connectivity index (χ1) is 4.50. The molecule has 0 aromatic heterocycles. The zero-order chi connectivity index (χ0) is 7.54. The molecule has 0 heterocycles. The van der Waals surface area contributed by atoms with Gasteiger partial charge in [-0.15, -0.1) is 6.42 Å². The minimum absolute atomic E-state index is 0. The molecular weight excluding hydrogens is 204 g/mol. The minimum atomic E-state index is 0. The molecule has 0 aliphatic heterocycles. The molecule has 0 N–H and O–H groups in total. The molecule has 1 rings (SSSR count). The zero-order valence-corrected chi connectivity index (χ0v) is 9.31. The van der Waals surface area contributed by atoms with Crippen molar-refractivity contribution in [2.24, 2.45) is 0 Å². The molecule has 0 saturated carbocycles. The summed E-state index contributed by atoms with van der Waals surface area (Å²) in [6, 6.07) is 0. The Kier molecular flexibility index (Phi) is 38.1. The molecule has 0 amide bonds. The van der Waals surface area contributed by atoms with Crippen LogP contribution in [0.25, 0.3) is 0 Å². The van der Waals surface area contributed by atoms with Crippen LogP contribution in [0.15, 0.2) is 18.2 Å². The van der Waals surface area contributed by atoms with Gasteiger partial charge >= 0.3 is 21.1 Å². The van der Waals surface area contributed by atoms with Crippen molar-refractivity contribution in [2.45, 2.75) is 20.3 Å². The van der Waals surface area contributed by atoms with E-state index >= 15 is 0 Å². The number of hydrogen-bond acceptors (Lipinski definition) is 0. The topological polar surface area (TPSA) is 0 Å². The van der Waals surface area contributed by atoms with E-state index in [0.717, 1.165) is 6.42 Å². The Morgan fingerprint density at radius 3 is 1.80 bits per heavy atom. The van der Waals surface area contributed by atoms with E-state index in [-0.39, 0.29) is 21.1 Å². The van der Waals surface area contributed by atoms with Crippen LogP contribution >= 0.6 is 0 Å². The SMILES string of the molecule is [C-]1=CC=CC1.[CH2-]C.[CH2-]C.[MoH2]. The van der Waals surface area contributed by atoms with Crippen LogP contribution < -0.4 is 0 Å². The van der Waals surface area contributed by atoms with Crippen LogP contribution in [0.4, 0.5) is 0 Å². The van der Waals surface area contributed by atoms with Crippen LogP contribution in [0, 0.1) is 19.9 Å². The van der Waals surface area contributed by atoms with Gasteiger partial charge in [-0.2, -0.15) is 19.9 Å². The summed E-state index contributed by atoms with van der Waals surface area (Å²) in [5, 5.41) is 0. The van der Waals surface area contributed by atoms with E-state index in [4.69, 9.17) is 0 Å². The third-order valence-corrected chi connectivity index (χ3v) is 0.586. The third kappa shape index (κ3) is 15.7. The fraction of sp³-hybridized carbons (Fsp3) is 0.333. The Morgan fingerprint density at radius 2 is 1.70 bits per heavy atom.